The third-order valence-corrected chi connectivity index (χ3v) is 11.2. The lowest BCUT2D eigenvalue weighted by molar-refractivity contribution is -0.183. The van der Waals surface area contributed by atoms with Gasteiger partial charge in [0.15, 0.2) is 0 Å². The zero-order chi connectivity index (χ0) is 20.3. The van der Waals surface area contributed by atoms with Crippen molar-refractivity contribution in [2.24, 2.45) is 0 Å². The van der Waals surface area contributed by atoms with Crippen LogP contribution in [0.2, 0.25) is 12.6 Å². The summed E-state index contributed by atoms with van der Waals surface area (Å²) in [6, 6.07) is 0.932. The van der Waals surface area contributed by atoms with Crippen LogP contribution in [-0.4, -0.2) is 69.9 Å². The number of hydrogen-bond donors (Lipinski definition) is 1. The Kier molecular flexibility index (Phi) is 13.1. The maximum atomic E-state index is 5.59. The highest BCUT2D eigenvalue weighted by Gasteiger charge is 2.60. The molecule has 26 heavy (non-hydrogen) atoms. The van der Waals surface area contributed by atoms with E-state index in [0.717, 1.165) is 25.3 Å². The molecule has 0 N–H and O–H groups in total. The van der Waals surface area contributed by atoms with Crippen LogP contribution in [0.25, 0.3) is 0 Å². The summed E-state index contributed by atoms with van der Waals surface area (Å²) < 4.78 is 38.5. The predicted molar refractivity (Wildman–Crippen MR) is 110 cm³/mol. The summed E-state index contributed by atoms with van der Waals surface area (Å²) in [5.41, 5.74) is -0.769. The molecule has 1 saturated heterocycles. The van der Waals surface area contributed by atoms with Crippen molar-refractivity contribution < 1.29 is 31.6 Å². The van der Waals surface area contributed by atoms with Gasteiger partial charge in [-0.05, 0) is 33.2 Å². The molecule has 1 aliphatic rings. The van der Waals surface area contributed by atoms with Gasteiger partial charge in [-0.3, -0.25) is 0 Å². The molecule has 1 aliphatic heterocycles. The van der Waals surface area contributed by atoms with Gasteiger partial charge >= 0.3 is 17.4 Å². The number of rotatable bonds is 10. The van der Waals surface area contributed by atoms with Gasteiger partial charge in [-0.1, -0.05) is 6.42 Å². The van der Waals surface area contributed by atoms with Crippen LogP contribution in [0.15, 0.2) is 0 Å². The fraction of sp³-hybridized carbons (Fsp3) is 1.00. The van der Waals surface area contributed by atoms with Crippen molar-refractivity contribution in [3.05, 3.63) is 0 Å². The van der Waals surface area contributed by atoms with Crippen LogP contribution in [0.1, 0.15) is 40.0 Å². The van der Waals surface area contributed by atoms with Gasteiger partial charge in [-0.25, -0.2) is 0 Å². The van der Waals surface area contributed by atoms with E-state index >= 15 is 0 Å². The highest BCUT2D eigenvalue weighted by molar-refractivity contribution is 7.80. The van der Waals surface area contributed by atoms with E-state index in [0.29, 0.717) is 13.2 Å². The van der Waals surface area contributed by atoms with Crippen LogP contribution in [0, 0.1) is 0 Å². The van der Waals surface area contributed by atoms with Crippen LogP contribution < -0.4 is 0 Å². The van der Waals surface area contributed by atoms with E-state index in [9.17, 15) is 0 Å². The fourth-order valence-electron chi connectivity index (χ4n) is 3.24. The highest BCUT2D eigenvalue weighted by Crippen LogP contribution is 2.40. The average Bonchev–Trinajstić information content (AvgIpc) is 2.61. The molecule has 1 fully saturated rings. The van der Waals surface area contributed by atoms with E-state index in [1.807, 2.05) is 27.3 Å². The Hall–Kier alpha value is 0.504. The molecule has 0 aromatic rings. The first kappa shape index (κ1) is 26.5. The summed E-state index contributed by atoms with van der Waals surface area (Å²) in [6.45, 7) is 8.82. The molecule has 1 atom stereocenters. The smallest absolute Gasteiger partial charge is 0.395 e. The third-order valence-electron chi connectivity index (χ3n) is 4.36. The molecule has 1 rings (SSSR count). The summed E-state index contributed by atoms with van der Waals surface area (Å²) in [6.07, 6.45) is 3.08. The third kappa shape index (κ3) is 7.15. The first-order valence-corrected chi connectivity index (χ1v) is 13.8. The highest BCUT2D eigenvalue weighted by atomic mass is 32.1. The summed E-state index contributed by atoms with van der Waals surface area (Å²) >= 11 is 4.13. The standard InChI is InChI=1S/C9H20O4Si.C7H18O3SSi/c1-10-9(11-2)7-5-6-8-14(9,12-3)13-4;1-5-8-12(4,9-6-2)10-7(3)11/h5-8H2,1-4H3;7,11H,5-6H2,1-4H3. The van der Waals surface area contributed by atoms with Gasteiger partial charge in [-0.2, -0.15) is 0 Å². The van der Waals surface area contributed by atoms with Crippen LogP contribution in [0.3, 0.4) is 0 Å². The number of thiol groups is 1. The first-order chi connectivity index (χ1) is 12.2. The van der Waals surface area contributed by atoms with Gasteiger partial charge in [-0.15, -0.1) is 12.6 Å². The zero-order valence-corrected chi connectivity index (χ0v) is 20.5. The summed E-state index contributed by atoms with van der Waals surface area (Å²) in [5.74, 6) is 0. The normalized spacial score (nSPS) is 20.2. The summed E-state index contributed by atoms with van der Waals surface area (Å²) in [7, 11) is 1.96. The summed E-state index contributed by atoms with van der Waals surface area (Å²) in [4.78, 5) is 0. The zero-order valence-electron chi connectivity index (χ0n) is 17.6. The molecular weight excluding hydrogens is 392 g/mol. The van der Waals surface area contributed by atoms with Gasteiger partial charge in [0.2, 0.25) is 5.41 Å². The van der Waals surface area contributed by atoms with Crippen molar-refractivity contribution >= 4 is 30.0 Å². The molecule has 1 unspecified atom stereocenters. The Bertz CT molecular complexity index is 341. The molecule has 0 aromatic heterocycles. The van der Waals surface area contributed by atoms with Crippen molar-refractivity contribution in [1.82, 2.24) is 0 Å². The molecule has 7 nitrogen and oxygen atoms in total. The lowest BCUT2D eigenvalue weighted by Gasteiger charge is -2.46. The fourth-order valence-corrected chi connectivity index (χ4v) is 9.17. The second kappa shape index (κ2) is 12.9. The Morgan fingerprint density at radius 2 is 1.50 bits per heavy atom. The Morgan fingerprint density at radius 1 is 1.00 bits per heavy atom. The monoisotopic (exact) mass is 430 g/mol. The topological polar surface area (TPSA) is 64.6 Å². The minimum Gasteiger partial charge on any atom is -0.395 e. The van der Waals surface area contributed by atoms with E-state index in [4.69, 9.17) is 31.6 Å². The van der Waals surface area contributed by atoms with Crippen LogP contribution in [0.4, 0.5) is 0 Å². The van der Waals surface area contributed by atoms with E-state index < -0.39 is 22.8 Å². The van der Waals surface area contributed by atoms with Gasteiger partial charge in [0.1, 0.15) is 0 Å². The number of methoxy groups -OCH3 is 2. The van der Waals surface area contributed by atoms with Crippen LogP contribution >= 0.6 is 12.6 Å². The van der Waals surface area contributed by atoms with Crippen molar-refractivity contribution in [2.75, 3.05) is 41.7 Å². The van der Waals surface area contributed by atoms with Crippen molar-refractivity contribution in [3.63, 3.8) is 0 Å². The second-order valence-electron chi connectivity index (χ2n) is 5.97. The lowest BCUT2D eigenvalue weighted by Crippen LogP contribution is -2.65. The second-order valence-corrected chi connectivity index (χ2v) is 12.8. The van der Waals surface area contributed by atoms with Crippen molar-refractivity contribution in [2.45, 2.75) is 63.5 Å². The van der Waals surface area contributed by atoms with Gasteiger partial charge in [0, 0.05) is 54.6 Å². The molecule has 0 amide bonds. The van der Waals surface area contributed by atoms with Crippen molar-refractivity contribution in [3.8, 4) is 0 Å². The van der Waals surface area contributed by atoms with E-state index in [2.05, 4.69) is 12.6 Å². The Labute approximate surface area is 167 Å². The maximum absolute atomic E-state index is 5.59. The molecule has 158 valence electrons. The molecule has 0 aliphatic carbocycles. The maximum Gasteiger partial charge on any atom is 0.498 e. The molecule has 0 spiro atoms. The van der Waals surface area contributed by atoms with Gasteiger partial charge < -0.3 is 31.6 Å². The van der Waals surface area contributed by atoms with Crippen LogP contribution in [-0.2, 0) is 31.6 Å². The average molecular weight is 431 g/mol. The minimum atomic E-state index is -2.39. The number of ether oxygens (including phenoxy) is 2. The number of hydrogen-bond acceptors (Lipinski definition) is 8. The minimum absolute atomic E-state index is 0.139. The molecule has 0 bridgehead atoms. The van der Waals surface area contributed by atoms with Gasteiger partial charge in [0.05, 0.1) is 5.44 Å². The molecule has 0 radical (unpaired) electrons. The first-order valence-electron chi connectivity index (χ1n) is 9.08. The predicted octanol–water partition coefficient (Wildman–Crippen LogP) is 3.35. The molecule has 0 aromatic carbocycles. The summed E-state index contributed by atoms with van der Waals surface area (Å²) in [5, 5.41) is 0. The molecule has 0 saturated carbocycles. The lowest BCUT2D eigenvalue weighted by atomic mass is 10.2. The van der Waals surface area contributed by atoms with Gasteiger partial charge in [0.25, 0.3) is 0 Å². The largest absolute Gasteiger partial charge is 0.498 e. The quantitative estimate of drug-likeness (QED) is 0.324. The Balaban J connectivity index is 0.000000488. The van der Waals surface area contributed by atoms with Crippen LogP contribution in [0.5, 0.6) is 0 Å². The SMILES string of the molecule is CCO[Si](C)(OCC)OC(C)S.COC1(OC)CCCC[Si]1(OC)OC. The molecule has 10 heteroatoms. The Morgan fingerprint density at radius 3 is 1.81 bits per heavy atom. The van der Waals surface area contributed by atoms with Crippen molar-refractivity contribution in [1.29, 1.82) is 0 Å². The molecular formula is C16H38O7SSi2. The van der Waals surface area contributed by atoms with E-state index in [-0.39, 0.29) is 5.44 Å². The van der Waals surface area contributed by atoms with E-state index in [1.54, 1.807) is 28.4 Å². The molecule has 1 heterocycles. The van der Waals surface area contributed by atoms with E-state index in [1.165, 1.54) is 0 Å².